The van der Waals surface area contributed by atoms with E-state index in [0.717, 1.165) is 25.8 Å². The summed E-state index contributed by atoms with van der Waals surface area (Å²) in [6.45, 7) is 0.971. The van der Waals surface area contributed by atoms with Gasteiger partial charge >= 0.3 is 0 Å². The van der Waals surface area contributed by atoms with Crippen LogP contribution in [0.3, 0.4) is 0 Å². The largest absolute Gasteiger partial charge is 0.363 e. The maximum absolute atomic E-state index is 12.6. The number of fused-ring (bicyclic) bond motifs is 1. The quantitative estimate of drug-likeness (QED) is 0.823. The number of allylic oxidation sites excluding steroid dienone is 2. The summed E-state index contributed by atoms with van der Waals surface area (Å²) >= 11 is 0. The Morgan fingerprint density at radius 3 is 2.57 bits per heavy atom. The van der Waals surface area contributed by atoms with Gasteiger partial charge < -0.3 is 4.90 Å². The summed E-state index contributed by atoms with van der Waals surface area (Å²) in [5.74, 6) is 0.334. The first kappa shape index (κ1) is 14.3. The molecule has 0 radical (unpaired) electrons. The van der Waals surface area contributed by atoms with E-state index in [1.54, 1.807) is 6.08 Å². The van der Waals surface area contributed by atoms with Gasteiger partial charge in [-0.15, -0.1) is 0 Å². The second kappa shape index (κ2) is 6.04. The maximum atomic E-state index is 12.6. The predicted octanol–water partition coefficient (Wildman–Crippen LogP) is 4.33. The highest BCUT2D eigenvalue weighted by Crippen LogP contribution is 2.41. The van der Waals surface area contributed by atoms with Crippen LogP contribution in [0.15, 0.2) is 66.7 Å². The van der Waals surface area contributed by atoms with Crippen molar-refractivity contribution in [3.8, 4) is 0 Å². The van der Waals surface area contributed by atoms with Gasteiger partial charge in [-0.3, -0.25) is 4.79 Å². The van der Waals surface area contributed by atoms with Crippen molar-refractivity contribution in [1.29, 1.82) is 0 Å². The molecule has 2 aromatic carbocycles. The van der Waals surface area contributed by atoms with E-state index in [9.17, 15) is 4.79 Å². The van der Waals surface area contributed by atoms with Crippen LogP contribution in [-0.2, 0) is 11.2 Å². The summed E-state index contributed by atoms with van der Waals surface area (Å²) in [6.07, 6.45) is 6.78. The van der Waals surface area contributed by atoms with Crippen molar-refractivity contribution in [2.75, 3.05) is 11.4 Å². The summed E-state index contributed by atoms with van der Waals surface area (Å²) < 4.78 is 0. The molecule has 0 N–H and O–H groups in total. The number of carbonyl (C=O) groups excluding carboxylic acids is 1. The molecular weight excluding hydrogens is 282 g/mol. The molecule has 0 spiro atoms. The Morgan fingerprint density at radius 1 is 0.957 bits per heavy atom. The van der Waals surface area contributed by atoms with Gasteiger partial charge in [-0.25, -0.2) is 0 Å². The molecule has 0 fully saturated rings. The van der Waals surface area contributed by atoms with E-state index >= 15 is 0 Å². The van der Waals surface area contributed by atoms with E-state index in [1.165, 1.54) is 16.8 Å². The second-order valence-corrected chi connectivity index (χ2v) is 6.41. The van der Waals surface area contributed by atoms with Gasteiger partial charge in [0.05, 0.1) is 6.04 Å². The van der Waals surface area contributed by atoms with E-state index in [1.807, 2.05) is 12.1 Å². The molecular formula is C21H21NO. The molecule has 116 valence electrons. The molecule has 0 saturated carbocycles. The van der Waals surface area contributed by atoms with E-state index in [0.29, 0.717) is 0 Å². The number of anilines is 1. The van der Waals surface area contributed by atoms with Crippen molar-refractivity contribution in [3.05, 3.63) is 77.9 Å². The number of benzene rings is 2. The Balaban J connectivity index is 1.80. The molecule has 1 aliphatic carbocycles. The molecule has 23 heavy (non-hydrogen) atoms. The summed E-state index contributed by atoms with van der Waals surface area (Å²) in [5.41, 5.74) is 3.94. The van der Waals surface area contributed by atoms with Crippen molar-refractivity contribution in [1.82, 2.24) is 0 Å². The highest BCUT2D eigenvalue weighted by atomic mass is 16.1. The highest BCUT2D eigenvalue weighted by molar-refractivity contribution is 5.93. The number of hydrogen-bond acceptors (Lipinski definition) is 2. The molecule has 4 rings (SSSR count). The Labute approximate surface area is 137 Å². The van der Waals surface area contributed by atoms with Crippen molar-refractivity contribution < 1.29 is 4.79 Å². The summed E-state index contributed by atoms with van der Waals surface area (Å²) in [5, 5.41) is 0. The SMILES string of the molecule is O=C1C=CCCC1C1c2ccccc2CCN1c1ccccc1. The number of hydrogen-bond donors (Lipinski definition) is 0. The fraction of sp³-hybridized carbons (Fsp3) is 0.286. The van der Waals surface area contributed by atoms with Crippen LogP contribution in [0, 0.1) is 5.92 Å². The van der Waals surface area contributed by atoms with Gasteiger partial charge in [0, 0.05) is 18.2 Å². The number of rotatable bonds is 2. The minimum atomic E-state index is 0.0571. The Bertz CT molecular complexity index is 735. The minimum absolute atomic E-state index is 0.0571. The maximum Gasteiger partial charge on any atom is 0.160 e. The summed E-state index contributed by atoms with van der Waals surface area (Å²) in [4.78, 5) is 15.0. The van der Waals surface area contributed by atoms with Crippen LogP contribution >= 0.6 is 0 Å². The van der Waals surface area contributed by atoms with E-state index < -0.39 is 0 Å². The molecule has 2 aliphatic rings. The predicted molar refractivity (Wildman–Crippen MR) is 93.5 cm³/mol. The third-order valence-electron chi connectivity index (χ3n) is 5.09. The first-order chi connectivity index (χ1) is 11.3. The molecule has 2 atom stereocenters. The Hall–Kier alpha value is -2.35. The summed E-state index contributed by atoms with van der Waals surface area (Å²) in [6, 6.07) is 19.3. The van der Waals surface area contributed by atoms with Crippen LogP contribution in [0.25, 0.3) is 0 Å². The molecule has 1 aliphatic heterocycles. The van der Waals surface area contributed by atoms with Crippen molar-refractivity contribution in [2.24, 2.45) is 5.92 Å². The molecule has 0 amide bonds. The number of para-hydroxylation sites is 1. The lowest BCUT2D eigenvalue weighted by molar-refractivity contribution is -0.119. The molecule has 2 nitrogen and oxygen atoms in total. The zero-order valence-corrected chi connectivity index (χ0v) is 13.2. The van der Waals surface area contributed by atoms with Crippen LogP contribution in [0.1, 0.15) is 30.0 Å². The molecule has 2 unspecified atom stereocenters. The Kier molecular flexibility index (Phi) is 3.74. The average molecular weight is 303 g/mol. The van der Waals surface area contributed by atoms with E-state index in [2.05, 4.69) is 53.4 Å². The summed E-state index contributed by atoms with van der Waals surface area (Å²) in [7, 11) is 0. The van der Waals surface area contributed by atoms with Crippen LogP contribution in [0.5, 0.6) is 0 Å². The molecule has 2 aromatic rings. The molecule has 0 saturated heterocycles. The number of nitrogens with zero attached hydrogens (tertiary/aromatic N) is 1. The van der Waals surface area contributed by atoms with Gasteiger partial charge in [0.25, 0.3) is 0 Å². The zero-order chi connectivity index (χ0) is 15.6. The number of ketones is 1. The van der Waals surface area contributed by atoms with Crippen molar-refractivity contribution in [2.45, 2.75) is 25.3 Å². The van der Waals surface area contributed by atoms with Gasteiger partial charge in [0.15, 0.2) is 5.78 Å². The fourth-order valence-corrected chi connectivity index (χ4v) is 4.00. The molecule has 1 heterocycles. The Morgan fingerprint density at radius 2 is 1.74 bits per heavy atom. The van der Waals surface area contributed by atoms with Crippen LogP contribution in [-0.4, -0.2) is 12.3 Å². The average Bonchev–Trinajstić information content (AvgIpc) is 2.62. The zero-order valence-electron chi connectivity index (χ0n) is 13.2. The molecule has 2 heteroatoms. The van der Waals surface area contributed by atoms with Crippen molar-refractivity contribution >= 4 is 11.5 Å². The van der Waals surface area contributed by atoms with Crippen LogP contribution in [0.4, 0.5) is 5.69 Å². The lowest BCUT2D eigenvalue weighted by Crippen LogP contribution is -2.42. The van der Waals surface area contributed by atoms with Gasteiger partial charge in [-0.1, -0.05) is 48.5 Å². The van der Waals surface area contributed by atoms with E-state index in [4.69, 9.17) is 0 Å². The van der Waals surface area contributed by atoms with Crippen molar-refractivity contribution in [3.63, 3.8) is 0 Å². The second-order valence-electron chi connectivity index (χ2n) is 6.41. The van der Waals surface area contributed by atoms with Gasteiger partial charge in [-0.2, -0.15) is 0 Å². The van der Waals surface area contributed by atoms with Gasteiger partial charge in [0.1, 0.15) is 0 Å². The smallest absolute Gasteiger partial charge is 0.160 e. The third kappa shape index (κ3) is 2.59. The standard InChI is InChI=1S/C21H21NO/c23-20-13-7-6-12-19(20)21-18-11-5-4-8-16(18)14-15-22(21)17-9-2-1-3-10-17/h1-5,7-11,13,19,21H,6,12,14-15H2. The first-order valence-corrected chi connectivity index (χ1v) is 8.44. The lowest BCUT2D eigenvalue weighted by Gasteiger charge is -2.43. The number of carbonyl (C=O) groups is 1. The molecule has 0 aromatic heterocycles. The topological polar surface area (TPSA) is 20.3 Å². The van der Waals surface area contributed by atoms with Gasteiger partial charge in [0.2, 0.25) is 0 Å². The molecule has 0 bridgehead atoms. The highest BCUT2D eigenvalue weighted by Gasteiger charge is 2.37. The third-order valence-corrected chi connectivity index (χ3v) is 5.09. The normalized spacial score (nSPS) is 23.7. The van der Waals surface area contributed by atoms with Gasteiger partial charge in [-0.05, 0) is 48.6 Å². The van der Waals surface area contributed by atoms with E-state index in [-0.39, 0.29) is 17.7 Å². The minimum Gasteiger partial charge on any atom is -0.363 e. The monoisotopic (exact) mass is 303 g/mol. The fourth-order valence-electron chi connectivity index (χ4n) is 4.00. The first-order valence-electron chi connectivity index (χ1n) is 8.44. The van der Waals surface area contributed by atoms with Crippen LogP contribution in [0.2, 0.25) is 0 Å². The lowest BCUT2D eigenvalue weighted by atomic mass is 9.78. The van der Waals surface area contributed by atoms with Crippen LogP contribution < -0.4 is 4.90 Å².